The van der Waals surface area contributed by atoms with Gasteiger partial charge in [-0.05, 0) is 41.8 Å². The van der Waals surface area contributed by atoms with Crippen LogP contribution in [0.3, 0.4) is 0 Å². The molecule has 3 aromatic heterocycles. The Balaban J connectivity index is 1.25. The molecule has 1 N–H and O–H groups in total. The van der Waals surface area contributed by atoms with Crippen LogP contribution in [0.25, 0.3) is 11.5 Å². The van der Waals surface area contributed by atoms with Gasteiger partial charge >= 0.3 is 6.18 Å². The largest absolute Gasteiger partial charge is 0.459 e. The number of ether oxygens (including phenoxy) is 1. The molecule has 1 fully saturated rings. The number of halogens is 3. The van der Waals surface area contributed by atoms with Gasteiger partial charge in [-0.2, -0.15) is 13.2 Å². The van der Waals surface area contributed by atoms with Crippen LogP contribution in [0, 0.1) is 0 Å². The van der Waals surface area contributed by atoms with Crippen LogP contribution in [0.1, 0.15) is 26.6 Å². The van der Waals surface area contributed by atoms with E-state index in [1.807, 2.05) is 29.6 Å². The molecule has 2 aliphatic heterocycles. The first-order valence-corrected chi connectivity index (χ1v) is 13.3. The van der Waals surface area contributed by atoms with Gasteiger partial charge in [0.1, 0.15) is 17.0 Å². The van der Waals surface area contributed by atoms with Gasteiger partial charge in [-0.1, -0.05) is 6.07 Å². The Labute approximate surface area is 226 Å². The SMILES string of the molecule is O=C(c1cccs1)N1CCc2oc(-c3nc(Nc4ccc(N5CCOCC5)cc4)ncc3C(F)(F)F)cc2C1. The number of anilines is 3. The minimum absolute atomic E-state index is 0.00846. The van der Waals surface area contributed by atoms with Crippen molar-refractivity contribution in [2.24, 2.45) is 0 Å². The van der Waals surface area contributed by atoms with Crippen LogP contribution >= 0.6 is 11.3 Å². The number of carbonyl (C=O) groups excluding carboxylic acids is 1. The van der Waals surface area contributed by atoms with Crippen molar-refractivity contribution in [3.63, 3.8) is 0 Å². The van der Waals surface area contributed by atoms with Crippen LogP contribution in [0.5, 0.6) is 0 Å². The number of alkyl halides is 3. The predicted molar refractivity (Wildman–Crippen MR) is 140 cm³/mol. The smallest absolute Gasteiger partial charge is 0.420 e. The fraction of sp³-hybridized carbons (Fsp3) is 0.296. The van der Waals surface area contributed by atoms with Gasteiger partial charge in [-0.15, -0.1) is 11.3 Å². The summed E-state index contributed by atoms with van der Waals surface area (Å²) in [4.78, 5) is 25.4. The molecule has 2 aliphatic rings. The molecular formula is C27H24F3N5O3S. The summed E-state index contributed by atoms with van der Waals surface area (Å²) in [6.07, 6.45) is -3.51. The average molecular weight is 556 g/mol. The quantitative estimate of drug-likeness (QED) is 0.344. The summed E-state index contributed by atoms with van der Waals surface area (Å²) in [6, 6.07) is 12.6. The number of furan rings is 1. The minimum Gasteiger partial charge on any atom is -0.459 e. The number of fused-ring (bicyclic) bond motifs is 1. The molecule has 6 rings (SSSR count). The summed E-state index contributed by atoms with van der Waals surface area (Å²) in [5.41, 5.74) is 0.995. The summed E-state index contributed by atoms with van der Waals surface area (Å²) >= 11 is 1.35. The number of hydrogen-bond donors (Lipinski definition) is 1. The average Bonchev–Trinajstić information content (AvgIpc) is 3.63. The second-order valence-electron chi connectivity index (χ2n) is 9.24. The molecule has 202 valence electrons. The van der Waals surface area contributed by atoms with Gasteiger partial charge in [0, 0.05) is 55.7 Å². The molecule has 0 saturated carbocycles. The molecule has 1 saturated heterocycles. The van der Waals surface area contributed by atoms with E-state index >= 15 is 0 Å². The molecule has 0 bridgehead atoms. The summed E-state index contributed by atoms with van der Waals surface area (Å²) < 4.78 is 53.0. The number of thiophene rings is 1. The second-order valence-corrected chi connectivity index (χ2v) is 10.2. The van der Waals surface area contributed by atoms with Gasteiger partial charge in [0.25, 0.3) is 5.91 Å². The topological polar surface area (TPSA) is 83.7 Å². The third-order valence-electron chi connectivity index (χ3n) is 6.71. The minimum atomic E-state index is -4.68. The van der Waals surface area contributed by atoms with E-state index in [4.69, 9.17) is 9.15 Å². The molecule has 8 nitrogen and oxygen atoms in total. The predicted octanol–water partition coefficient (Wildman–Crippen LogP) is 5.60. The monoisotopic (exact) mass is 555 g/mol. The molecular weight excluding hydrogens is 531 g/mol. The van der Waals surface area contributed by atoms with Gasteiger partial charge in [0.2, 0.25) is 5.95 Å². The highest BCUT2D eigenvalue weighted by Crippen LogP contribution is 2.39. The summed E-state index contributed by atoms with van der Waals surface area (Å²) in [7, 11) is 0. The first-order chi connectivity index (χ1) is 18.8. The third-order valence-corrected chi connectivity index (χ3v) is 7.57. The van der Waals surface area contributed by atoms with Gasteiger partial charge in [0.15, 0.2) is 5.76 Å². The maximum atomic E-state index is 13.9. The van der Waals surface area contributed by atoms with E-state index in [9.17, 15) is 18.0 Å². The number of nitrogens with zero attached hydrogens (tertiary/aromatic N) is 4. The van der Waals surface area contributed by atoms with Crippen LogP contribution in [-0.4, -0.2) is 53.6 Å². The zero-order valence-electron chi connectivity index (χ0n) is 20.7. The zero-order chi connectivity index (χ0) is 27.0. The number of morpholine rings is 1. The van der Waals surface area contributed by atoms with Crippen LogP contribution in [-0.2, 0) is 23.9 Å². The molecule has 0 spiro atoms. The molecule has 39 heavy (non-hydrogen) atoms. The van der Waals surface area contributed by atoms with Crippen molar-refractivity contribution in [3.05, 3.63) is 75.8 Å². The Hall–Kier alpha value is -3.90. The van der Waals surface area contributed by atoms with Crippen molar-refractivity contribution in [2.75, 3.05) is 43.1 Å². The molecule has 0 unspecified atom stereocenters. The highest BCUT2D eigenvalue weighted by molar-refractivity contribution is 7.12. The summed E-state index contributed by atoms with van der Waals surface area (Å²) in [5.74, 6) is 0.453. The lowest BCUT2D eigenvalue weighted by Gasteiger charge is -2.28. The first kappa shape index (κ1) is 25.4. The van der Waals surface area contributed by atoms with E-state index in [2.05, 4.69) is 20.2 Å². The second kappa shape index (κ2) is 10.3. The Bertz CT molecular complexity index is 1470. The van der Waals surface area contributed by atoms with Crippen LogP contribution in [0.2, 0.25) is 0 Å². The van der Waals surface area contributed by atoms with Crippen molar-refractivity contribution in [1.82, 2.24) is 14.9 Å². The summed E-state index contributed by atoms with van der Waals surface area (Å²) in [6.45, 7) is 3.60. The highest BCUT2D eigenvalue weighted by atomic mass is 32.1. The number of hydrogen-bond acceptors (Lipinski definition) is 8. The molecule has 12 heteroatoms. The van der Waals surface area contributed by atoms with Gasteiger partial charge < -0.3 is 24.3 Å². The van der Waals surface area contributed by atoms with Gasteiger partial charge in [0.05, 0.1) is 18.1 Å². The van der Waals surface area contributed by atoms with Crippen molar-refractivity contribution in [1.29, 1.82) is 0 Å². The van der Waals surface area contributed by atoms with Crippen molar-refractivity contribution < 1.29 is 27.1 Å². The van der Waals surface area contributed by atoms with Crippen molar-refractivity contribution >= 4 is 34.6 Å². The Kier molecular flexibility index (Phi) is 6.73. The van der Waals surface area contributed by atoms with E-state index in [1.165, 1.54) is 11.3 Å². The Morgan fingerprint density at radius 2 is 1.87 bits per heavy atom. The maximum Gasteiger partial charge on any atom is 0.420 e. The maximum absolute atomic E-state index is 13.9. The number of nitrogens with one attached hydrogen (secondary N) is 1. The van der Waals surface area contributed by atoms with E-state index in [1.54, 1.807) is 23.1 Å². The molecule has 1 amide bonds. The fourth-order valence-corrected chi connectivity index (χ4v) is 5.41. The Morgan fingerprint density at radius 1 is 1.08 bits per heavy atom. The van der Waals surface area contributed by atoms with E-state index in [0.29, 0.717) is 48.1 Å². The molecule has 0 radical (unpaired) electrons. The van der Waals surface area contributed by atoms with Crippen molar-refractivity contribution in [3.8, 4) is 11.5 Å². The number of carbonyl (C=O) groups is 1. The van der Waals surface area contributed by atoms with Crippen LogP contribution < -0.4 is 10.2 Å². The zero-order valence-corrected chi connectivity index (χ0v) is 21.5. The lowest BCUT2D eigenvalue weighted by atomic mass is 10.1. The molecule has 4 aromatic rings. The van der Waals surface area contributed by atoms with Gasteiger partial charge in [-0.3, -0.25) is 4.79 Å². The van der Waals surface area contributed by atoms with E-state index in [0.717, 1.165) is 25.0 Å². The van der Waals surface area contributed by atoms with E-state index in [-0.39, 0.29) is 29.9 Å². The number of aromatic nitrogens is 2. The summed E-state index contributed by atoms with van der Waals surface area (Å²) in [5, 5.41) is 4.83. The third kappa shape index (κ3) is 5.34. The van der Waals surface area contributed by atoms with Crippen LogP contribution in [0.15, 0.2) is 58.5 Å². The van der Waals surface area contributed by atoms with Gasteiger partial charge in [-0.25, -0.2) is 9.97 Å². The van der Waals surface area contributed by atoms with Crippen LogP contribution in [0.4, 0.5) is 30.5 Å². The molecule has 0 atom stereocenters. The highest BCUT2D eigenvalue weighted by Gasteiger charge is 2.37. The fourth-order valence-electron chi connectivity index (χ4n) is 4.72. The van der Waals surface area contributed by atoms with Crippen molar-refractivity contribution in [2.45, 2.75) is 19.1 Å². The first-order valence-electron chi connectivity index (χ1n) is 12.4. The molecule has 1 aromatic carbocycles. The number of amides is 1. The molecule has 0 aliphatic carbocycles. The normalized spacial score (nSPS) is 15.8. The lowest BCUT2D eigenvalue weighted by molar-refractivity contribution is -0.137. The number of rotatable bonds is 5. The molecule has 5 heterocycles. The Morgan fingerprint density at radius 3 is 2.59 bits per heavy atom. The standard InChI is InChI=1S/C27H24F3N5O3S/c28-27(29,30)20-15-31-26(32-18-3-5-19(6-4-18)34-9-11-37-12-10-34)33-24(20)22-14-17-16-35(8-7-21(17)38-22)25(36)23-2-1-13-39-23/h1-6,13-15H,7-12,16H2,(H,31,32,33). The van der Waals surface area contributed by atoms with E-state index < -0.39 is 11.7 Å². The number of benzene rings is 1. The lowest BCUT2D eigenvalue weighted by Crippen LogP contribution is -2.36.